The van der Waals surface area contributed by atoms with Crippen molar-refractivity contribution in [1.82, 2.24) is 15.5 Å². The van der Waals surface area contributed by atoms with Gasteiger partial charge in [-0.25, -0.2) is 9.18 Å². The van der Waals surface area contributed by atoms with E-state index < -0.39 is 17.9 Å². The molecular weight excluding hydrogens is 301 g/mol. The fourth-order valence-corrected chi connectivity index (χ4v) is 2.11. The van der Waals surface area contributed by atoms with Gasteiger partial charge in [0.2, 0.25) is 0 Å². The molecule has 0 saturated heterocycles. The van der Waals surface area contributed by atoms with E-state index in [1.54, 1.807) is 12.1 Å². The standard InChI is InChI=1S/C16H18FN3O3/c1-2-3-4-12(16(22)23)18-15(21)14-9-13(19-20-14)10-5-7-11(17)8-6-10/h5-9,12H,2-4H2,1H3,(H,18,21)(H,19,20)(H,22,23)/t12-/m0/s1. The Morgan fingerprint density at radius 2 is 2.04 bits per heavy atom. The average molecular weight is 319 g/mol. The quantitative estimate of drug-likeness (QED) is 0.731. The maximum Gasteiger partial charge on any atom is 0.326 e. The van der Waals surface area contributed by atoms with Crippen LogP contribution in [0, 0.1) is 5.82 Å². The van der Waals surface area contributed by atoms with Gasteiger partial charge in [-0.05, 0) is 36.8 Å². The fraction of sp³-hybridized carbons (Fsp3) is 0.312. The summed E-state index contributed by atoms with van der Waals surface area (Å²) < 4.78 is 12.9. The molecule has 1 aromatic heterocycles. The summed E-state index contributed by atoms with van der Waals surface area (Å²) in [6, 6.07) is 6.27. The van der Waals surface area contributed by atoms with Crippen LogP contribution in [0.2, 0.25) is 0 Å². The van der Waals surface area contributed by atoms with Gasteiger partial charge in [-0.1, -0.05) is 19.8 Å². The van der Waals surface area contributed by atoms with Crippen molar-refractivity contribution < 1.29 is 19.1 Å². The number of carboxylic acid groups (broad SMARTS) is 1. The number of nitrogens with zero attached hydrogens (tertiary/aromatic N) is 1. The van der Waals surface area contributed by atoms with Crippen LogP contribution in [0.15, 0.2) is 30.3 Å². The Morgan fingerprint density at radius 3 is 2.65 bits per heavy atom. The van der Waals surface area contributed by atoms with E-state index >= 15 is 0 Å². The second-order valence-corrected chi connectivity index (χ2v) is 5.18. The smallest absolute Gasteiger partial charge is 0.326 e. The van der Waals surface area contributed by atoms with Crippen molar-refractivity contribution in [3.63, 3.8) is 0 Å². The van der Waals surface area contributed by atoms with Gasteiger partial charge in [-0.2, -0.15) is 5.10 Å². The van der Waals surface area contributed by atoms with Crippen molar-refractivity contribution in [2.45, 2.75) is 32.2 Å². The molecular formula is C16H18FN3O3. The molecule has 1 heterocycles. The number of hydrogen-bond donors (Lipinski definition) is 3. The summed E-state index contributed by atoms with van der Waals surface area (Å²) in [6.07, 6.45) is 1.93. The lowest BCUT2D eigenvalue weighted by molar-refractivity contribution is -0.139. The van der Waals surface area contributed by atoms with Crippen LogP contribution in [-0.2, 0) is 4.79 Å². The van der Waals surface area contributed by atoms with Crippen LogP contribution in [0.3, 0.4) is 0 Å². The summed E-state index contributed by atoms with van der Waals surface area (Å²) in [6.45, 7) is 1.95. The number of carbonyl (C=O) groups is 2. The van der Waals surface area contributed by atoms with Gasteiger partial charge in [0.15, 0.2) is 0 Å². The molecule has 0 bridgehead atoms. The summed E-state index contributed by atoms with van der Waals surface area (Å²) in [5.41, 5.74) is 1.30. The summed E-state index contributed by atoms with van der Waals surface area (Å²) in [7, 11) is 0. The molecule has 7 heteroatoms. The summed E-state index contributed by atoms with van der Waals surface area (Å²) in [5.74, 6) is -1.96. The zero-order valence-corrected chi connectivity index (χ0v) is 12.7. The van der Waals surface area contributed by atoms with E-state index in [0.29, 0.717) is 24.1 Å². The number of carbonyl (C=O) groups excluding carboxylic acids is 1. The molecule has 122 valence electrons. The van der Waals surface area contributed by atoms with E-state index in [-0.39, 0.29) is 11.5 Å². The SMILES string of the molecule is CCCC[C@H](NC(=O)c1cc(-c2ccc(F)cc2)n[nH]1)C(=O)O. The second kappa shape index (κ2) is 7.53. The highest BCUT2D eigenvalue weighted by molar-refractivity contribution is 5.95. The number of hydrogen-bond acceptors (Lipinski definition) is 3. The molecule has 0 aliphatic rings. The Kier molecular flexibility index (Phi) is 5.46. The minimum Gasteiger partial charge on any atom is -0.480 e. The highest BCUT2D eigenvalue weighted by atomic mass is 19.1. The molecule has 0 aliphatic heterocycles. The van der Waals surface area contributed by atoms with Crippen LogP contribution < -0.4 is 5.32 Å². The topological polar surface area (TPSA) is 95.1 Å². The number of H-pyrrole nitrogens is 1. The number of carboxylic acids is 1. The number of nitrogens with one attached hydrogen (secondary N) is 2. The van der Waals surface area contributed by atoms with E-state index in [9.17, 15) is 14.0 Å². The number of aromatic nitrogens is 2. The van der Waals surface area contributed by atoms with Crippen molar-refractivity contribution in [3.8, 4) is 11.3 Å². The van der Waals surface area contributed by atoms with Crippen molar-refractivity contribution in [1.29, 1.82) is 0 Å². The van der Waals surface area contributed by atoms with Gasteiger partial charge in [0.05, 0.1) is 5.69 Å². The van der Waals surface area contributed by atoms with Crippen LogP contribution in [0.1, 0.15) is 36.7 Å². The van der Waals surface area contributed by atoms with Crippen molar-refractivity contribution >= 4 is 11.9 Å². The molecule has 1 atom stereocenters. The molecule has 0 aliphatic carbocycles. The van der Waals surface area contributed by atoms with Gasteiger partial charge < -0.3 is 10.4 Å². The van der Waals surface area contributed by atoms with Crippen LogP contribution in [0.5, 0.6) is 0 Å². The number of unbranched alkanes of at least 4 members (excludes halogenated alkanes) is 1. The first-order chi connectivity index (χ1) is 11.0. The molecule has 2 aromatic rings. The number of benzene rings is 1. The van der Waals surface area contributed by atoms with E-state index in [1.165, 1.54) is 18.2 Å². The second-order valence-electron chi connectivity index (χ2n) is 5.18. The minimum absolute atomic E-state index is 0.159. The highest BCUT2D eigenvalue weighted by Crippen LogP contribution is 2.18. The third kappa shape index (κ3) is 4.38. The molecule has 1 aromatic carbocycles. The van der Waals surface area contributed by atoms with E-state index in [0.717, 1.165) is 6.42 Å². The zero-order valence-electron chi connectivity index (χ0n) is 12.7. The Morgan fingerprint density at radius 1 is 1.35 bits per heavy atom. The van der Waals surface area contributed by atoms with Gasteiger partial charge in [-0.15, -0.1) is 0 Å². The normalized spacial score (nSPS) is 11.9. The van der Waals surface area contributed by atoms with Gasteiger partial charge in [0.25, 0.3) is 5.91 Å². The Balaban J connectivity index is 2.08. The van der Waals surface area contributed by atoms with Crippen molar-refractivity contribution in [2.75, 3.05) is 0 Å². The monoisotopic (exact) mass is 319 g/mol. The van der Waals surface area contributed by atoms with Gasteiger partial charge in [0.1, 0.15) is 17.6 Å². The lowest BCUT2D eigenvalue weighted by atomic mass is 10.1. The molecule has 0 saturated carbocycles. The first-order valence-corrected chi connectivity index (χ1v) is 7.36. The number of rotatable bonds is 7. The molecule has 6 nitrogen and oxygen atoms in total. The summed E-state index contributed by atoms with van der Waals surface area (Å²) in [4.78, 5) is 23.3. The van der Waals surface area contributed by atoms with E-state index in [2.05, 4.69) is 15.5 Å². The summed E-state index contributed by atoms with van der Waals surface area (Å²) >= 11 is 0. The van der Waals surface area contributed by atoms with Crippen LogP contribution >= 0.6 is 0 Å². The average Bonchev–Trinajstić information content (AvgIpc) is 3.01. The lowest BCUT2D eigenvalue weighted by Crippen LogP contribution is -2.40. The Hall–Kier alpha value is -2.70. The molecule has 1 amide bonds. The molecule has 0 spiro atoms. The predicted octanol–water partition coefficient (Wildman–Crippen LogP) is 2.59. The number of aromatic amines is 1. The van der Waals surface area contributed by atoms with Crippen LogP contribution in [-0.4, -0.2) is 33.2 Å². The summed E-state index contributed by atoms with van der Waals surface area (Å²) in [5, 5.41) is 18.2. The van der Waals surface area contributed by atoms with Crippen LogP contribution in [0.25, 0.3) is 11.3 Å². The third-order valence-electron chi connectivity index (χ3n) is 3.41. The molecule has 0 fully saturated rings. The first kappa shape index (κ1) is 16.7. The van der Waals surface area contributed by atoms with Crippen LogP contribution in [0.4, 0.5) is 4.39 Å². The lowest BCUT2D eigenvalue weighted by Gasteiger charge is -2.13. The zero-order chi connectivity index (χ0) is 16.8. The molecule has 0 unspecified atom stereocenters. The van der Waals surface area contributed by atoms with Gasteiger partial charge in [-0.3, -0.25) is 9.89 Å². The number of aliphatic carboxylic acids is 1. The molecule has 2 rings (SSSR count). The fourth-order valence-electron chi connectivity index (χ4n) is 2.11. The Bertz CT molecular complexity index is 682. The van der Waals surface area contributed by atoms with E-state index in [1.807, 2.05) is 6.92 Å². The predicted molar refractivity (Wildman–Crippen MR) is 82.4 cm³/mol. The Labute approximate surface area is 132 Å². The molecule has 0 radical (unpaired) electrons. The largest absolute Gasteiger partial charge is 0.480 e. The minimum atomic E-state index is -1.06. The number of amides is 1. The van der Waals surface area contributed by atoms with Gasteiger partial charge in [0, 0.05) is 5.56 Å². The molecule has 23 heavy (non-hydrogen) atoms. The number of halogens is 1. The highest BCUT2D eigenvalue weighted by Gasteiger charge is 2.21. The third-order valence-corrected chi connectivity index (χ3v) is 3.41. The maximum atomic E-state index is 12.9. The van der Waals surface area contributed by atoms with E-state index in [4.69, 9.17) is 5.11 Å². The van der Waals surface area contributed by atoms with Crippen molar-refractivity contribution in [3.05, 3.63) is 41.8 Å². The maximum absolute atomic E-state index is 12.9. The molecule has 3 N–H and O–H groups in total. The van der Waals surface area contributed by atoms with Crippen molar-refractivity contribution in [2.24, 2.45) is 0 Å². The first-order valence-electron chi connectivity index (χ1n) is 7.36. The van der Waals surface area contributed by atoms with Gasteiger partial charge >= 0.3 is 5.97 Å².